The van der Waals surface area contributed by atoms with Gasteiger partial charge in [-0.2, -0.15) is 0 Å². The lowest BCUT2D eigenvalue weighted by Crippen LogP contribution is -2.43. The smallest absolute Gasteiger partial charge is 0.277 e. The summed E-state index contributed by atoms with van der Waals surface area (Å²) in [5.41, 5.74) is 0.528. The van der Waals surface area contributed by atoms with Crippen LogP contribution in [0.5, 0.6) is 0 Å². The fraction of sp³-hybridized carbons (Fsp3) is 0.619. The van der Waals surface area contributed by atoms with E-state index in [0.717, 1.165) is 25.7 Å². The van der Waals surface area contributed by atoms with E-state index in [-0.39, 0.29) is 11.5 Å². The molecule has 6 heteroatoms. The second-order valence-corrected chi connectivity index (χ2v) is 7.89. The highest BCUT2D eigenvalue weighted by atomic mass is 16.1. The van der Waals surface area contributed by atoms with Crippen LogP contribution in [0.25, 0.3) is 10.9 Å². The predicted octanol–water partition coefficient (Wildman–Crippen LogP) is 3.29. The highest BCUT2D eigenvalue weighted by Crippen LogP contribution is 2.29. The molecule has 1 fully saturated rings. The normalized spacial score (nSPS) is 22.7. The van der Waals surface area contributed by atoms with Crippen LogP contribution in [0.1, 0.15) is 58.8 Å². The van der Waals surface area contributed by atoms with Crippen LogP contribution in [-0.4, -0.2) is 26.9 Å². The molecule has 27 heavy (non-hydrogen) atoms. The molecule has 0 aliphatic heterocycles. The van der Waals surface area contributed by atoms with Crippen molar-refractivity contribution in [1.82, 2.24) is 20.3 Å². The molecule has 1 amide bonds. The molecule has 0 bridgehead atoms. The van der Waals surface area contributed by atoms with Gasteiger partial charge in [0.05, 0.1) is 5.39 Å². The Bertz CT molecular complexity index is 832. The molecule has 2 aromatic rings. The van der Waals surface area contributed by atoms with Crippen LogP contribution in [0, 0.1) is 11.8 Å². The molecule has 0 radical (unpaired) electrons. The number of amides is 1. The van der Waals surface area contributed by atoms with Crippen LogP contribution in [0.3, 0.4) is 0 Å². The number of unbranched alkanes of at least 4 members (excludes halogenated alkanes) is 2. The van der Waals surface area contributed by atoms with Gasteiger partial charge in [0.25, 0.3) is 5.56 Å². The highest BCUT2D eigenvalue weighted by Gasteiger charge is 2.27. The van der Waals surface area contributed by atoms with Crippen molar-refractivity contribution >= 4 is 16.8 Å². The fourth-order valence-electron chi connectivity index (χ4n) is 3.96. The zero-order valence-corrected chi connectivity index (χ0v) is 16.4. The number of benzene rings is 1. The Kier molecular flexibility index (Phi) is 6.58. The van der Waals surface area contributed by atoms with Crippen LogP contribution >= 0.6 is 0 Å². The Hall–Kier alpha value is -2.24. The van der Waals surface area contributed by atoms with Gasteiger partial charge < -0.3 is 5.32 Å². The summed E-state index contributed by atoms with van der Waals surface area (Å²) in [4.78, 5) is 24.6. The van der Waals surface area contributed by atoms with Gasteiger partial charge >= 0.3 is 0 Å². The number of hydrogen-bond acceptors (Lipinski definition) is 4. The van der Waals surface area contributed by atoms with Crippen molar-refractivity contribution in [2.24, 2.45) is 11.8 Å². The van der Waals surface area contributed by atoms with Gasteiger partial charge in [-0.3, -0.25) is 9.59 Å². The molecule has 1 heterocycles. The van der Waals surface area contributed by atoms with Crippen molar-refractivity contribution < 1.29 is 4.79 Å². The lowest BCUT2D eigenvalue weighted by Gasteiger charge is -2.34. The second kappa shape index (κ2) is 9.11. The van der Waals surface area contributed by atoms with Crippen molar-refractivity contribution in [3.8, 4) is 0 Å². The summed E-state index contributed by atoms with van der Waals surface area (Å²) in [7, 11) is 0. The third-order valence-corrected chi connectivity index (χ3v) is 5.96. The summed E-state index contributed by atoms with van der Waals surface area (Å²) in [6, 6.07) is 7.58. The molecule has 3 atom stereocenters. The Labute approximate surface area is 160 Å². The number of hydrogen-bond donors (Lipinski definition) is 1. The predicted molar refractivity (Wildman–Crippen MR) is 106 cm³/mol. The number of rotatable bonds is 7. The van der Waals surface area contributed by atoms with Crippen LogP contribution in [0.15, 0.2) is 29.1 Å². The van der Waals surface area contributed by atoms with E-state index in [9.17, 15) is 9.59 Å². The number of nitrogens with zero attached hydrogens (tertiary/aromatic N) is 3. The Morgan fingerprint density at radius 3 is 2.85 bits per heavy atom. The molecule has 0 spiro atoms. The maximum atomic E-state index is 12.4. The molecule has 1 aliphatic rings. The Balaban J connectivity index is 1.40. The van der Waals surface area contributed by atoms with Crippen LogP contribution in [0.4, 0.5) is 0 Å². The van der Waals surface area contributed by atoms with Gasteiger partial charge in [-0.1, -0.05) is 50.5 Å². The summed E-state index contributed by atoms with van der Waals surface area (Å²) < 4.78 is 1.42. The quantitative estimate of drug-likeness (QED) is 0.759. The second-order valence-electron chi connectivity index (χ2n) is 7.89. The molecular weight excluding hydrogens is 340 g/mol. The average Bonchev–Trinajstić information content (AvgIpc) is 2.67. The SMILES string of the molecule is CC1CCCC(NC(=O)CCCCCn2nnc3ccccc3c2=O)C1C. The van der Waals surface area contributed by atoms with E-state index in [4.69, 9.17) is 0 Å². The molecule has 0 saturated heterocycles. The maximum Gasteiger partial charge on any atom is 0.277 e. The standard InChI is InChI=1S/C21H30N4O2/c1-15-9-8-12-18(16(15)2)22-20(26)13-4-3-7-14-25-21(27)17-10-5-6-11-19(17)23-24-25/h5-6,10-11,15-16,18H,3-4,7-9,12-14H2,1-2H3,(H,22,26). The van der Waals surface area contributed by atoms with Crippen molar-refractivity contribution in [2.45, 2.75) is 71.4 Å². The largest absolute Gasteiger partial charge is 0.353 e. The van der Waals surface area contributed by atoms with Gasteiger partial charge in [-0.25, -0.2) is 4.68 Å². The van der Waals surface area contributed by atoms with Crippen molar-refractivity contribution in [1.29, 1.82) is 0 Å². The summed E-state index contributed by atoms with van der Waals surface area (Å²) in [6.07, 6.45) is 6.67. The van der Waals surface area contributed by atoms with Gasteiger partial charge in [0.15, 0.2) is 0 Å². The minimum Gasteiger partial charge on any atom is -0.353 e. The minimum absolute atomic E-state index is 0.0984. The third-order valence-electron chi connectivity index (χ3n) is 5.96. The van der Waals surface area contributed by atoms with E-state index in [0.29, 0.717) is 41.7 Å². The van der Waals surface area contributed by atoms with Crippen LogP contribution in [-0.2, 0) is 11.3 Å². The number of aromatic nitrogens is 3. The van der Waals surface area contributed by atoms with E-state index in [1.54, 1.807) is 12.1 Å². The van der Waals surface area contributed by atoms with E-state index in [2.05, 4.69) is 29.5 Å². The average molecular weight is 370 g/mol. The molecular formula is C21H30N4O2. The van der Waals surface area contributed by atoms with E-state index in [1.165, 1.54) is 17.5 Å². The van der Waals surface area contributed by atoms with Crippen LogP contribution < -0.4 is 10.9 Å². The van der Waals surface area contributed by atoms with E-state index < -0.39 is 0 Å². The van der Waals surface area contributed by atoms with Crippen LogP contribution in [0.2, 0.25) is 0 Å². The number of carbonyl (C=O) groups excluding carboxylic acids is 1. The fourth-order valence-corrected chi connectivity index (χ4v) is 3.96. The molecule has 6 nitrogen and oxygen atoms in total. The Morgan fingerprint density at radius 2 is 2.00 bits per heavy atom. The first-order valence-corrected chi connectivity index (χ1v) is 10.2. The Morgan fingerprint density at radius 1 is 1.19 bits per heavy atom. The molecule has 1 saturated carbocycles. The molecule has 146 valence electrons. The summed E-state index contributed by atoms with van der Waals surface area (Å²) in [5.74, 6) is 1.40. The third kappa shape index (κ3) is 4.93. The van der Waals surface area contributed by atoms with Gasteiger partial charge in [0, 0.05) is 19.0 Å². The number of fused-ring (bicyclic) bond motifs is 1. The molecule has 1 aromatic heterocycles. The monoisotopic (exact) mass is 370 g/mol. The summed E-state index contributed by atoms with van der Waals surface area (Å²) >= 11 is 0. The zero-order chi connectivity index (χ0) is 19.2. The molecule has 1 aromatic carbocycles. The summed E-state index contributed by atoms with van der Waals surface area (Å²) in [6.45, 7) is 5.06. The van der Waals surface area contributed by atoms with Crippen molar-refractivity contribution in [2.75, 3.05) is 0 Å². The topological polar surface area (TPSA) is 76.9 Å². The number of carbonyl (C=O) groups is 1. The molecule has 1 N–H and O–H groups in total. The molecule has 3 rings (SSSR count). The zero-order valence-electron chi connectivity index (χ0n) is 16.4. The summed E-state index contributed by atoms with van der Waals surface area (Å²) in [5, 5.41) is 11.9. The minimum atomic E-state index is -0.0984. The number of aryl methyl sites for hydroxylation is 1. The first-order valence-electron chi connectivity index (χ1n) is 10.2. The number of nitrogens with one attached hydrogen (secondary N) is 1. The molecule has 1 aliphatic carbocycles. The van der Waals surface area contributed by atoms with E-state index in [1.807, 2.05) is 12.1 Å². The van der Waals surface area contributed by atoms with E-state index >= 15 is 0 Å². The van der Waals surface area contributed by atoms with Gasteiger partial charge in [0.1, 0.15) is 5.52 Å². The first kappa shape index (κ1) is 19.5. The lowest BCUT2D eigenvalue weighted by atomic mass is 9.78. The van der Waals surface area contributed by atoms with Gasteiger partial charge in [-0.15, -0.1) is 5.10 Å². The van der Waals surface area contributed by atoms with Gasteiger partial charge in [0.2, 0.25) is 5.91 Å². The molecule has 3 unspecified atom stereocenters. The van der Waals surface area contributed by atoms with Gasteiger partial charge in [-0.05, 0) is 43.2 Å². The van der Waals surface area contributed by atoms with Crippen molar-refractivity contribution in [3.05, 3.63) is 34.6 Å². The first-order chi connectivity index (χ1) is 13.1. The highest BCUT2D eigenvalue weighted by molar-refractivity contribution is 5.76. The van der Waals surface area contributed by atoms with Crippen molar-refractivity contribution in [3.63, 3.8) is 0 Å². The maximum absolute atomic E-state index is 12.4. The lowest BCUT2D eigenvalue weighted by molar-refractivity contribution is -0.122.